The van der Waals surface area contributed by atoms with Crippen LogP contribution in [-0.2, 0) is 6.42 Å². The zero-order valence-electron chi connectivity index (χ0n) is 43.0. The van der Waals surface area contributed by atoms with Gasteiger partial charge in [-0.2, -0.15) is 0 Å². The maximum atomic E-state index is 2.55. The van der Waals surface area contributed by atoms with Crippen LogP contribution in [0.25, 0.3) is 88.7 Å². The highest BCUT2D eigenvalue weighted by molar-refractivity contribution is 6.11. The minimum atomic E-state index is 0.476. The Bertz CT molecular complexity index is 3730. The SMILES string of the molecule is CCCc1ccc(N(C)c2cc(-c3ccccc3)ccc2-c2ccc(-c3ccc4c5ccc(-c6ccccc6)cc5n(-c5ccc(C6CCC6)c(C6=C(C)C=CCC6C)c5)c4c3)cc2)cc1-c1ccccc1C. The van der Waals surface area contributed by atoms with Gasteiger partial charge in [0.05, 0.1) is 11.0 Å². The fourth-order valence-corrected chi connectivity index (χ4v) is 12.0. The van der Waals surface area contributed by atoms with Crippen molar-refractivity contribution in [3.63, 3.8) is 0 Å². The molecule has 0 N–H and O–H groups in total. The molecule has 0 spiro atoms. The molecule has 1 atom stereocenters. The molecule has 2 aliphatic carbocycles. The van der Waals surface area contributed by atoms with Crippen molar-refractivity contribution < 1.29 is 0 Å². The Balaban J connectivity index is 0.975. The van der Waals surface area contributed by atoms with Crippen LogP contribution >= 0.6 is 0 Å². The van der Waals surface area contributed by atoms with Crippen LogP contribution < -0.4 is 4.90 Å². The molecule has 2 nitrogen and oxygen atoms in total. The lowest BCUT2D eigenvalue weighted by molar-refractivity contribution is 0.419. The van der Waals surface area contributed by atoms with Gasteiger partial charge in [0.2, 0.25) is 0 Å². The summed E-state index contributed by atoms with van der Waals surface area (Å²) in [7, 11) is 2.23. The smallest absolute Gasteiger partial charge is 0.0547 e. The summed E-state index contributed by atoms with van der Waals surface area (Å²) in [5, 5.41) is 2.54. The molecule has 1 saturated carbocycles. The Labute approximate surface area is 432 Å². The monoisotopic (exact) mass is 945 g/mol. The second kappa shape index (κ2) is 19.6. The van der Waals surface area contributed by atoms with Crippen molar-refractivity contribution >= 4 is 38.8 Å². The van der Waals surface area contributed by atoms with E-state index in [1.807, 2.05) is 0 Å². The molecule has 1 fully saturated rings. The summed E-state index contributed by atoms with van der Waals surface area (Å²) < 4.78 is 2.55. The first kappa shape index (κ1) is 46.2. The van der Waals surface area contributed by atoms with Gasteiger partial charge < -0.3 is 9.47 Å². The summed E-state index contributed by atoms with van der Waals surface area (Å²) in [6.45, 7) is 9.23. The normalized spacial score (nSPS) is 14.8. The Hall–Kier alpha value is -7.94. The molecule has 0 aliphatic heterocycles. The predicted octanol–water partition coefficient (Wildman–Crippen LogP) is 19.8. The summed E-state index contributed by atoms with van der Waals surface area (Å²) in [5.74, 6) is 1.11. The molecule has 2 heteroatoms. The van der Waals surface area contributed by atoms with E-state index < -0.39 is 0 Å². The van der Waals surface area contributed by atoms with Gasteiger partial charge in [-0.15, -0.1) is 0 Å². The van der Waals surface area contributed by atoms with Gasteiger partial charge in [0.1, 0.15) is 0 Å². The lowest BCUT2D eigenvalue weighted by atomic mass is 9.74. The summed E-state index contributed by atoms with van der Waals surface area (Å²) >= 11 is 0. The maximum absolute atomic E-state index is 2.55. The Kier molecular flexibility index (Phi) is 12.4. The average molecular weight is 945 g/mol. The number of rotatable bonds is 12. The molecular formula is C71H64N2. The molecule has 1 heterocycles. The van der Waals surface area contributed by atoms with Gasteiger partial charge in [-0.05, 0) is 177 Å². The van der Waals surface area contributed by atoms with Gasteiger partial charge in [0.25, 0.3) is 0 Å². The largest absolute Gasteiger partial charge is 0.344 e. The highest BCUT2D eigenvalue weighted by atomic mass is 15.1. The van der Waals surface area contributed by atoms with Crippen molar-refractivity contribution in [1.82, 2.24) is 4.57 Å². The maximum Gasteiger partial charge on any atom is 0.0547 e. The minimum Gasteiger partial charge on any atom is -0.344 e. The van der Waals surface area contributed by atoms with Crippen molar-refractivity contribution in [3.8, 4) is 61.3 Å². The standard InChI is InChI=1S/C71H64N2/c1-6-17-53-32-36-59(45-66(53)61-27-14-13-18-47(61)2)72(5)68-42-56(50-21-9-7-10-22-50)33-38-63(68)55-30-28-52(29-31-55)58-35-40-65-64-39-34-57(51-23-11-8-12-24-51)43-69(64)73(70(65)44-58)60-37-41-62(54-25-16-26-54)67(46-60)71-48(3)19-15-20-49(71)4/h7-15,18-19,21-24,27-46,49,54H,6,16-17,20,25-26H2,1-5H3. The van der Waals surface area contributed by atoms with Crippen LogP contribution in [0.3, 0.4) is 0 Å². The second-order valence-corrected chi connectivity index (χ2v) is 20.8. The summed E-state index contributed by atoms with van der Waals surface area (Å²) in [6, 6.07) is 75.3. The van der Waals surface area contributed by atoms with Crippen molar-refractivity contribution in [2.75, 3.05) is 11.9 Å². The highest BCUT2D eigenvalue weighted by Gasteiger charge is 2.27. The third-order valence-corrected chi connectivity index (χ3v) is 16.2. The van der Waals surface area contributed by atoms with Crippen molar-refractivity contribution in [2.45, 2.75) is 72.1 Å². The van der Waals surface area contributed by atoms with E-state index in [-0.39, 0.29) is 0 Å². The van der Waals surface area contributed by atoms with E-state index in [0.29, 0.717) is 11.8 Å². The fraction of sp³-hybridized carbons (Fsp3) is 0.183. The molecule has 358 valence electrons. The van der Waals surface area contributed by atoms with Gasteiger partial charge in [0, 0.05) is 40.4 Å². The van der Waals surface area contributed by atoms with Gasteiger partial charge in [-0.25, -0.2) is 0 Å². The zero-order valence-corrected chi connectivity index (χ0v) is 43.0. The van der Waals surface area contributed by atoms with Crippen LogP contribution in [0.2, 0.25) is 0 Å². The molecule has 0 bridgehead atoms. The molecule has 1 unspecified atom stereocenters. The highest BCUT2D eigenvalue weighted by Crippen LogP contribution is 2.46. The third-order valence-electron chi connectivity index (χ3n) is 16.2. The lowest BCUT2D eigenvalue weighted by Gasteiger charge is -2.31. The average Bonchev–Trinajstić information content (AvgIpc) is 3.74. The van der Waals surface area contributed by atoms with Crippen molar-refractivity contribution in [1.29, 1.82) is 0 Å². The van der Waals surface area contributed by atoms with Crippen LogP contribution in [0.15, 0.2) is 218 Å². The molecule has 73 heavy (non-hydrogen) atoms. The summed E-state index contributed by atoms with van der Waals surface area (Å²) in [6.07, 6.45) is 11.8. The molecular weight excluding hydrogens is 881 g/mol. The van der Waals surface area contributed by atoms with Gasteiger partial charge >= 0.3 is 0 Å². The van der Waals surface area contributed by atoms with E-state index in [9.17, 15) is 0 Å². The first-order valence-corrected chi connectivity index (χ1v) is 26.7. The topological polar surface area (TPSA) is 8.17 Å². The first-order chi connectivity index (χ1) is 35.8. The van der Waals surface area contributed by atoms with E-state index in [4.69, 9.17) is 0 Å². The molecule has 2 aliphatic rings. The van der Waals surface area contributed by atoms with E-state index in [2.05, 4.69) is 257 Å². The third kappa shape index (κ3) is 8.63. The number of benzene rings is 9. The number of allylic oxidation sites excluding steroid dienone is 4. The minimum absolute atomic E-state index is 0.476. The quantitative estimate of drug-likeness (QED) is 0.118. The number of nitrogens with zero attached hydrogens (tertiary/aromatic N) is 2. The van der Waals surface area contributed by atoms with E-state index in [1.165, 1.54) is 147 Å². The Morgan fingerprint density at radius 1 is 0.521 bits per heavy atom. The van der Waals surface area contributed by atoms with Gasteiger partial charge in [-0.1, -0.05) is 197 Å². The number of aryl methyl sites for hydroxylation is 2. The van der Waals surface area contributed by atoms with Crippen LogP contribution in [-0.4, -0.2) is 11.6 Å². The van der Waals surface area contributed by atoms with Gasteiger partial charge in [-0.3, -0.25) is 0 Å². The molecule has 0 amide bonds. The number of hydrogen-bond acceptors (Lipinski definition) is 1. The second-order valence-electron chi connectivity index (χ2n) is 20.8. The first-order valence-electron chi connectivity index (χ1n) is 26.7. The molecule has 12 rings (SSSR count). The molecule has 9 aromatic carbocycles. The van der Waals surface area contributed by atoms with Crippen LogP contribution in [0, 0.1) is 12.8 Å². The predicted molar refractivity (Wildman–Crippen MR) is 313 cm³/mol. The van der Waals surface area contributed by atoms with Crippen molar-refractivity contribution in [2.24, 2.45) is 5.92 Å². The fourth-order valence-electron chi connectivity index (χ4n) is 12.0. The van der Waals surface area contributed by atoms with E-state index >= 15 is 0 Å². The van der Waals surface area contributed by atoms with Gasteiger partial charge in [0.15, 0.2) is 0 Å². The molecule has 1 aromatic heterocycles. The number of anilines is 2. The van der Waals surface area contributed by atoms with Crippen LogP contribution in [0.4, 0.5) is 11.4 Å². The lowest BCUT2D eigenvalue weighted by Crippen LogP contribution is -2.14. The number of hydrogen-bond donors (Lipinski definition) is 0. The summed E-state index contributed by atoms with van der Waals surface area (Å²) in [4.78, 5) is 2.39. The Morgan fingerprint density at radius 3 is 1.75 bits per heavy atom. The molecule has 0 saturated heterocycles. The van der Waals surface area contributed by atoms with E-state index in [0.717, 1.165) is 19.3 Å². The Morgan fingerprint density at radius 2 is 1.12 bits per heavy atom. The van der Waals surface area contributed by atoms with Crippen molar-refractivity contribution in [3.05, 3.63) is 240 Å². The summed E-state index contributed by atoms with van der Waals surface area (Å²) in [5.41, 5.74) is 26.9. The molecule has 0 radical (unpaired) electrons. The molecule has 10 aromatic rings. The van der Waals surface area contributed by atoms with E-state index in [1.54, 1.807) is 0 Å². The van der Waals surface area contributed by atoms with Crippen LogP contribution in [0.5, 0.6) is 0 Å². The number of aromatic nitrogens is 1. The zero-order chi connectivity index (χ0) is 49.6. The van der Waals surface area contributed by atoms with Crippen LogP contribution in [0.1, 0.15) is 81.0 Å². The number of fused-ring (bicyclic) bond motifs is 3.